The van der Waals surface area contributed by atoms with Crippen LogP contribution < -0.4 is 4.74 Å². The van der Waals surface area contributed by atoms with Crippen LogP contribution >= 0.6 is 0 Å². The van der Waals surface area contributed by atoms with Crippen LogP contribution in [-0.2, 0) is 7.05 Å². The Bertz CT molecular complexity index is 526. The molecule has 1 aromatic heterocycles. The molecule has 0 aliphatic carbocycles. The summed E-state index contributed by atoms with van der Waals surface area (Å²) in [6.07, 6.45) is 0.900. The van der Waals surface area contributed by atoms with E-state index in [0.717, 1.165) is 34.2 Å². The maximum Gasteiger partial charge on any atom is 0.152 e. The third-order valence-corrected chi connectivity index (χ3v) is 2.86. The van der Waals surface area contributed by atoms with E-state index in [2.05, 4.69) is 0 Å². The predicted octanol–water partition coefficient (Wildman–Crippen LogP) is 2.31. The lowest BCUT2D eigenvalue weighted by Crippen LogP contribution is -1.93. The molecule has 0 atom stereocenters. The minimum absolute atomic E-state index is 0.742. The van der Waals surface area contributed by atoms with Crippen LogP contribution in [0.15, 0.2) is 18.2 Å². The van der Waals surface area contributed by atoms with E-state index in [1.807, 2.05) is 36.7 Å². The number of fused-ring (bicyclic) bond motifs is 1. The molecule has 0 spiro atoms. The van der Waals surface area contributed by atoms with E-state index in [1.54, 1.807) is 7.11 Å². The molecule has 1 aromatic carbocycles. The van der Waals surface area contributed by atoms with Crippen LogP contribution in [0.4, 0.5) is 0 Å². The van der Waals surface area contributed by atoms with Crippen molar-refractivity contribution in [3.05, 3.63) is 29.5 Å². The third-order valence-electron chi connectivity index (χ3n) is 2.86. The fourth-order valence-corrected chi connectivity index (χ4v) is 1.94. The number of rotatable bonds is 2. The Labute approximate surface area is 88.3 Å². The van der Waals surface area contributed by atoms with Crippen molar-refractivity contribution in [3.8, 4) is 5.75 Å². The Morgan fingerprint density at radius 1 is 1.40 bits per heavy atom. The highest BCUT2D eigenvalue weighted by atomic mass is 16.5. The van der Waals surface area contributed by atoms with E-state index in [4.69, 9.17) is 4.74 Å². The number of benzene rings is 1. The summed E-state index contributed by atoms with van der Waals surface area (Å²) < 4.78 is 7.27. The number of ether oxygens (including phenoxy) is 1. The van der Waals surface area contributed by atoms with Gasteiger partial charge in [-0.05, 0) is 13.0 Å². The van der Waals surface area contributed by atoms with Gasteiger partial charge in [-0.25, -0.2) is 0 Å². The van der Waals surface area contributed by atoms with Crippen molar-refractivity contribution < 1.29 is 9.53 Å². The van der Waals surface area contributed by atoms with Crippen molar-refractivity contribution in [1.29, 1.82) is 0 Å². The molecule has 2 aromatic rings. The summed E-state index contributed by atoms with van der Waals surface area (Å²) in [6, 6.07) is 5.73. The van der Waals surface area contributed by atoms with E-state index in [9.17, 15) is 4.79 Å². The maximum absolute atomic E-state index is 11.0. The van der Waals surface area contributed by atoms with Crippen LogP contribution in [0.3, 0.4) is 0 Å². The number of aryl methyl sites for hydroxylation is 1. The zero-order valence-corrected chi connectivity index (χ0v) is 9.07. The minimum Gasteiger partial charge on any atom is -0.495 e. The second-order valence-electron chi connectivity index (χ2n) is 3.53. The Morgan fingerprint density at radius 2 is 2.13 bits per heavy atom. The van der Waals surface area contributed by atoms with Gasteiger partial charge in [-0.2, -0.15) is 0 Å². The van der Waals surface area contributed by atoms with E-state index in [-0.39, 0.29) is 0 Å². The molecule has 0 saturated carbocycles. The number of hydrogen-bond acceptors (Lipinski definition) is 2. The van der Waals surface area contributed by atoms with Gasteiger partial charge < -0.3 is 9.30 Å². The van der Waals surface area contributed by atoms with Gasteiger partial charge in [0.05, 0.1) is 12.6 Å². The van der Waals surface area contributed by atoms with E-state index in [1.165, 1.54) is 0 Å². The van der Waals surface area contributed by atoms with Crippen molar-refractivity contribution >= 4 is 17.2 Å². The van der Waals surface area contributed by atoms with Crippen LogP contribution in [0.2, 0.25) is 0 Å². The van der Waals surface area contributed by atoms with Crippen LogP contribution in [0, 0.1) is 6.92 Å². The molecule has 0 amide bonds. The molecule has 0 saturated heterocycles. The summed E-state index contributed by atoms with van der Waals surface area (Å²) in [7, 11) is 3.57. The molecular formula is C12H13NO2. The van der Waals surface area contributed by atoms with Crippen molar-refractivity contribution in [2.24, 2.45) is 7.05 Å². The third kappa shape index (κ3) is 1.23. The average molecular weight is 203 g/mol. The molecule has 0 bridgehead atoms. The summed E-state index contributed by atoms with van der Waals surface area (Å²) in [6.45, 7) is 1.93. The summed E-state index contributed by atoms with van der Waals surface area (Å²) in [5, 5.41) is 0.948. The molecule has 0 aliphatic rings. The van der Waals surface area contributed by atoms with Gasteiger partial charge in [0.25, 0.3) is 0 Å². The van der Waals surface area contributed by atoms with E-state index in [0.29, 0.717) is 0 Å². The lowest BCUT2D eigenvalue weighted by Gasteiger charge is -2.04. The second kappa shape index (κ2) is 3.42. The van der Waals surface area contributed by atoms with Gasteiger partial charge >= 0.3 is 0 Å². The molecule has 3 nitrogen and oxygen atoms in total. The predicted molar refractivity (Wildman–Crippen MR) is 59.6 cm³/mol. The molecule has 0 N–H and O–H groups in total. The number of carbonyl (C=O) groups is 1. The zero-order chi connectivity index (χ0) is 11.0. The second-order valence-corrected chi connectivity index (χ2v) is 3.53. The van der Waals surface area contributed by atoms with Crippen LogP contribution in [0.1, 0.15) is 16.1 Å². The van der Waals surface area contributed by atoms with E-state index < -0.39 is 0 Å². The van der Waals surface area contributed by atoms with Gasteiger partial charge in [-0.3, -0.25) is 4.79 Å². The lowest BCUT2D eigenvalue weighted by atomic mass is 10.1. The summed E-state index contributed by atoms with van der Waals surface area (Å²) in [5.41, 5.74) is 2.68. The van der Waals surface area contributed by atoms with Gasteiger partial charge in [0, 0.05) is 23.7 Å². The fourth-order valence-electron chi connectivity index (χ4n) is 1.94. The lowest BCUT2D eigenvalue weighted by molar-refractivity contribution is 0.112. The first-order valence-corrected chi connectivity index (χ1v) is 4.78. The molecule has 0 aliphatic heterocycles. The number of para-hydroxylation sites is 1. The first-order valence-electron chi connectivity index (χ1n) is 4.78. The number of carbonyl (C=O) groups excluding carboxylic acids is 1. The summed E-state index contributed by atoms with van der Waals surface area (Å²) in [5.74, 6) is 0.797. The van der Waals surface area contributed by atoms with Crippen LogP contribution in [0.5, 0.6) is 5.75 Å². The number of aromatic nitrogens is 1. The molecule has 3 heteroatoms. The minimum atomic E-state index is 0.742. The Morgan fingerprint density at radius 3 is 2.73 bits per heavy atom. The highest BCUT2D eigenvalue weighted by Crippen LogP contribution is 2.30. The molecular weight excluding hydrogens is 190 g/mol. The fraction of sp³-hybridized carbons (Fsp3) is 0.250. The zero-order valence-electron chi connectivity index (χ0n) is 9.07. The van der Waals surface area contributed by atoms with Crippen LogP contribution in [0.25, 0.3) is 10.9 Å². The number of methoxy groups -OCH3 is 1. The maximum atomic E-state index is 11.0. The first kappa shape index (κ1) is 9.77. The van der Waals surface area contributed by atoms with Gasteiger partial charge in [-0.1, -0.05) is 12.1 Å². The molecule has 2 rings (SSSR count). The molecule has 1 heterocycles. The highest BCUT2D eigenvalue weighted by molar-refractivity contribution is 6.01. The molecule has 0 unspecified atom stereocenters. The topological polar surface area (TPSA) is 31.2 Å². The Kier molecular flexibility index (Phi) is 2.23. The number of aldehydes is 1. The SMILES string of the molecule is COc1cccc2c(C=O)c(C)n(C)c12. The number of hydrogen-bond donors (Lipinski definition) is 0. The average Bonchev–Trinajstić information content (AvgIpc) is 2.51. The molecule has 78 valence electrons. The first-order chi connectivity index (χ1) is 7.20. The largest absolute Gasteiger partial charge is 0.495 e. The molecule has 15 heavy (non-hydrogen) atoms. The van der Waals surface area contributed by atoms with Gasteiger partial charge in [0.15, 0.2) is 6.29 Å². The Hall–Kier alpha value is -1.77. The van der Waals surface area contributed by atoms with Crippen molar-refractivity contribution in [2.45, 2.75) is 6.92 Å². The highest BCUT2D eigenvalue weighted by Gasteiger charge is 2.13. The van der Waals surface area contributed by atoms with Gasteiger partial charge in [-0.15, -0.1) is 0 Å². The van der Waals surface area contributed by atoms with E-state index >= 15 is 0 Å². The number of nitrogens with zero attached hydrogens (tertiary/aromatic N) is 1. The van der Waals surface area contributed by atoms with Crippen molar-refractivity contribution in [1.82, 2.24) is 4.57 Å². The Balaban J connectivity index is 2.95. The van der Waals surface area contributed by atoms with Crippen molar-refractivity contribution in [2.75, 3.05) is 7.11 Å². The monoisotopic (exact) mass is 203 g/mol. The molecule has 0 fully saturated rings. The van der Waals surface area contributed by atoms with Crippen molar-refractivity contribution in [3.63, 3.8) is 0 Å². The quantitative estimate of drug-likeness (QED) is 0.701. The summed E-state index contributed by atoms with van der Waals surface area (Å²) >= 11 is 0. The standard InChI is InChI=1S/C12H13NO2/c1-8-10(7-14)9-5-4-6-11(15-3)12(9)13(8)2/h4-7H,1-3H3. The summed E-state index contributed by atoms with van der Waals surface area (Å²) in [4.78, 5) is 11.0. The normalized spacial score (nSPS) is 10.6. The smallest absolute Gasteiger partial charge is 0.152 e. The van der Waals surface area contributed by atoms with Crippen LogP contribution in [-0.4, -0.2) is 18.0 Å². The molecule has 0 radical (unpaired) electrons. The van der Waals surface area contributed by atoms with Gasteiger partial charge in [0.1, 0.15) is 5.75 Å². The van der Waals surface area contributed by atoms with Gasteiger partial charge in [0.2, 0.25) is 0 Å².